The van der Waals surface area contributed by atoms with Crippen molar-refractivity contribution in [2.45, 2.75) is 39.2 Å². The molecule has 4 nitrogen and oxygen atoms in total. The second-order valence-corrected chi connectivity index (χ2v) is 8.00. The van der Waals surface area contributed by atoms with Crippen LogP contribution < -0.4 is 5.73 Å². The van der Waals surface area contributed by atoms with Crippen molar-refractivity contribution in [3.8, 4) is 0 Å². The van der Waals surface area contributed by atoms with Crippen LogP contribution in [0.25, 0.3) is 0 Å². The molecule has 0 heterocycles. The summed E-state index contributed by atoms with van der Waals surface area (Å²) in [4.78, 5) is 0.340. The summed E-state index contributed by atoms with van der Waals surface area (Å²) < 4.78 is 26.7. The monoisotopic (exact) mass is 328 g/mol. The van der Waals surface area contributed by atoms with Crippen molar-refractivity contribution < 1.29 is 8.42 Å². The predicted molar refractivity (Wildman–Crippen MR) is 91.9 cm³/mol. The molecule has 1 aromatic rings. The van der Waals surface area contributed by atoms with E-state index in [1.165, 1.54) is 4.31 Å². The van der Waals surface area contributed by atoms with E-state index >= 15 is 0 Å². The van der Waals surface area contributed by atoms with Crippen molar-refractivity contribution in [2.24, 2.45) is 5.73 Å². The molecule has 1 atom stereocenters. The van der Waals surface area contributed by atoms with Gasteiger partial charge in [0.15, 0.2) is 0 Å². The predicted octanol–water partition coefficient (Wildman–Crippen LogP) is 2.51. The smallest absolute Gasteiger partial charge is 0.214 e. The molecular weight excluding hydrogens is 304 g/mol. The minimum atomic E-state index is -3.35. The summed E-state index contributed by atoms with van der Waals surface area (Å²) in [5.74, 6) is 0.0364. The SMILES string of the molecule is CC(CS(=O)(=O)N(CCC(N)=S)C(C)C)c1ccccc1. The van der Waals surface area contributed by atoms with Crippen LogP contribution in [-0.2, 0) is 10.0 Å². The number of nitrogens with zero attached hydrogens (tertiary/aromatic N) is 1. The Morgan fingerprint density at radius 2 is 1.81 bits per heavy atom. The zero-order valence-corrected chi connectivity index (χ0v) is 14.5. The average molecular weight is 329 g/mol. The van der Waals surface area contributed by atoms with Gasteiger partial charge < -0.3 is 5.73 Å². The molecular formula is C15H24N2O2S2. The highest BCUT2D eigenvalue weighted by Gasteiger charge is 2.27. The Kier molecular flexibility index (Phi) is 6.77. The van der Waals surface area contributed by atoms with Crippen LogP contribution in [0.4, 0.5) is 0 Å². The fourth-order valence-corrected chi connectivity index (χ4v) is 4.35. The Bertz CT molecular complexity index is 556. The van der Waals surface area contributed by atoms with E-state index in [-0.39, 0.29) is 17.7 Å². The normalized spacial score (nSPS) is 13.6. The molecule has 118 valence electrons. The summed E-state index contributed by atoms with van der Waals surface area (Å²) in [6, 6.07) is 9.57. The summed E-state index contributed by atoms with van der Waals surface area (Å²) in [7, 11) is -3.35. The maximum atomic E-state index is 12.6. The summed E-state index contributed by atoms with van der Waals surface area (Å²) in [5.41, 5.74) is 6.51. The molecule has 2 N–H and O–H groups in total. The molecule has 0 amide bonds. The van der Waals surface area contributed by atoms with Crippen LogP contribution in [0.15, 0.2) is 30.3 Å². The standard InChI is InChI=1S/C15H24N2O2S2/c1-12(2)17(10-9-15(16)20)21(18,19)11-13(3)14-7-5-4-6-8-14/h4-8,12-13H,9-11H2,1-3H3,(H2,16,20). The first-order valence-corrected chi connectivity index (χ1v) is 9.08. The minimum Gasteiger partial charge on any atom is -0.393 e. The molecule has 0 aliphatic carbocycles. The molecule has 1 rings (SSSR count). The molecule has 1 aromatic carbocycles. The van der Waals surface area contributed by atoms with Crippen LogP contribution in [0.5, 0.6) is 0 Å². The lowest BCUT2D eigenvalue weighted by Crippen LogP contribution is -2.41. The Hall–Kier alpha value is -0.980. The van der Waals surface area contributed by atoms with Gasteiger partial charge in [-0.25, -0.2) is 8.42 Å². The maximum absolute atomic E-state index is 12.6. The molecule has 0 spiro atoms. The highest BCUT2D eigenvalue weighted by Crippen LogP contribution is 2.20. The van der Waals surface area contributed by atoms with Gasteiger partial charge in [0.1, 0.15) is 0 Å². The van der Waals surface area contributed by atoms with Crippen LogP contribution in [0.1, 0.15) is 38.7 Å². The van der Waals surface area contributed by atoms with Gasteiger partial charge in [-0.1, -0.05) is 49.5 Å². The topological polar surface area (TPSA) is 63.4 Å². The zero-order valence-electron chi connectivity index (χ0n) is 12.8. The van der Waals surface area contributed by atoms with Crippen molar-refractivity contribution in [3.05, 3.63) is 35.9 Å². The van der Waals surface area contributed by atoms with Crippen molar-refractivity contribution in [1.29, 1.82) is 0 Å². The van der Waals surface area contributed by atoms with E-state index in [2.05, 4.69) is 0 Å². The molecule has 0 aliphatic heterocycles. The number of nitrogens with two attached hydrogens (primary N) is 1. The third kappa shape index (κ3) is 5.73. The largest absolute Gasteiger partial charge is 0.393 e. The molecule has 0 aromatic heterocycles. The number of hydrogen-bond donors (Lipinski definition) is 1. The Morgan fingerprint density at radius 1 is 1.24 bits per heavy atom. The van der Waals surface area contributed by atoms with Gasteiger partial charge in [0, 0.05) is 19.0 Å². The fourth-order valence-electron chi connectivity index (χ4n) is 2.23. The van der Waals surface area contributed by atoms with E-state index in [4.69, 9.17) is 18.0 Å². The number of thiocarbonyl (C=S) groups is 1. The van der Waals surface area contributed by atoms with E-state index in [1.807, 2.05) is 51.1 Å². The molecule has 1 unspecified atom stereocenters. The second kappa shape index (κ2) is 7.87. The van der Waals surface area contributed by atoms with Gasteiger partial charge in [-0.05, 0) is 25.3 Å². The van der Waals surface area contributed by atoms with Gasteiger partial charge in [-0.2, -0.15) is 4.31 Å². The number of benzene rings is 1. The molecule has 0 fully saturated rings. The fraction of sp³-hybridized carbons (Fsp3) is 0.533. The molecule has 0 aliphatic rings. The highest BCUT2D eigenvalue weighted by molar-refractivity contribution is 7.89. The molecule has 0 saturated carbocycles. The van der Waals surface area contributed by atoms with Crippen LogP contribution in [0, 0.1) is 0 Å². The van der Waals surface area contributed by atoms with Crippen molar-refractivity contribution in [1.82, 2.24) is 4.31 Å². The summed E-state index contributed by atoms with van der Waals surface area (Å²) in [6.45, 7) is 6.00. The maximum Gasteiger partial charge on any atom is 0.214 e. The first-order valence-electron chi connectivity index (χ1n) is 7.07. The van der Waals surface area contributed by atoms with Crippen LogP contribution >= 0.6 is 12.2 Å². The Labute approximate surface area is 133 Å². The van der Waals surface area contributed by atoms with Crippen molar-refractivity contribution in [3.63, 3.8) is 0 Å². The number of rotatable bonds is 8. The first-order chi connectivity index (χ1) is 9.74. The quantitative estimate of drug-likeness (QED) is 0.745. The van der Waals surface area contributed by atoms with Gasteiger partial charge in [0.2, 0.25) is 10.0 Å². The van der Waals surface area contributed by atoms with E-state index in [0.717, 1.165) is 5.56 Å². The highest BCUT2D eigenvalue weighted by atomic mass is 32.2. The van der Waals surface area contributed by atoms with Crippen LogP contribution in [-0.4, -0.2) is 36.1 Å². The van der Waals surface area contributed by atoms with Crippen molar-refractivity contribution in [2.75, 3.05) is 12.3 Å². The van der Waals surface area contributed by atoms with Crippen LogP contribution in [0.3, 0.4) is 0 Å². The third-order valence-electron chi connectivity index (χ3n) is 3.34. The van der Waals surface area contributed by atoms with Crippen molar-refractivity contribution >= 4 is 27.2 Å². The number of hydrogen-bond acceptors (Lipinski definition) is 3. The lowest BCUT2D eigenvalue weighted by molar-refractivity contribution is 0.361. The molecule has 0 radical (unpaired) electrons. The summed E-state index contributed by atoms with van der Waals surface area (Å²) in [6.07, 6.45) is 0.409. The lowest BCUT2D eigenvalue weighted by Gasteiger charge is -2.27. The van der Waals surface area contributed by atoms with Gasteiger partial charge in [0.25, 0.3) is 0 Å². The first kappa shape index (κ1) is 18.1. The summed E-state index contributed by atoms with van der Waals surface area (Å²) in [5, 5.41) is 0. The third-order valence-corrected chi connectivity index (χ3v) is 5.79. The molecule has 0 saturated heterocycles. The Balaban J connectivity index is 2.84. The van der Waals surface area contributed by atoms with Gasteiger partial charge in [0.05, 0.1) is 10.7 Å². The van der Waals surface area contributed by atoms with E-state index in [1.54, 1.807) is 0 Å². The molecule has 6 heteroatoms. The van der Waals surface area contributed by atoms with E-state index < -0.39 is 10.0 Å². The lowest BCUT2D eigenvalue weighted by atomic mass is 10.0. The van der Waals surface area contributed by atoms with Gasteiger partial charge >= 0.3 is 0 Å². The van der Waals surface area contributed by atoms with Gasteiger partial charge in [-0.15, -0.1) is 0 Å². The summed E-state index contributed by atoms with van der Waals surface area (Å²) >= 11 is 4.84. The Morgan fingerprint density at radius 3 is 2.29 bits per heavy atom. The van der Waals surface area contributed by atoms with Crippen LogP contribution in [0.2, 0.25) is 0 Å². The van der Waals surface area contributed by atoms with E-state index in [0.29, 0.717) is 18.0 Å². The zero-order chi connectivity index (χ0) is 16.0. The number of sulfonamides is 1. The van der Waals surface area contributed by atoms with E-state index in [9.17, 15) is 8.42 Å². The minimum absolute atomic E-state index is 0.0534. The van der Waals surface area contributed by atoms with Gasteiger partial charge in [-0.3, -0.25) is 0 Å². The molecule has 0 bridgehead atoms. The molecule has 21 heavy (non-hydrogen) atoms. The average Bonchev–Trinajstić information content (AvgIpc) is 2.38. The second-order valence-electron chi connectivity index (χ2n) is 5.51.